The summed E-state index contributed by atoms with van der Waals surface area (Å²) in [6.45, 7) is 17.6. The van der Waals surface area contributed by atoms with Crippen molar-refractivity contribution in [2.24, 2.45) is 5.92 Å². The lowest BCUT2D eigenvalue weighted by atomic mass is 10.0. The number of unbranched alkanes of at least 4 members (excludes halogenated alkanes) is 7. The van der Waals surface area contributed by atoms with Gasteiger partial charge in [-0.25, -0.2) is 9.59 Å². The van der Waals surface area contributed by atoms with E-state index < -0.39 is 54.4 Å². The van der Waals surface area contributed by atoms with Crippen molar-refractivity contribution in [2.75, 3.05) is 6.61 Å². The van der Waals surface area contributed by atoms with Crippen molar-refractivity contribution in [1.82, 2.24) is 0 Å². The van der Waals surface area contributed by atoms with Gasteiger partial charge in [0.2, 0.25) is 12.4 Å². The number of carboxylic acid groups (broad SMARTS) is 1. The highest BCUT2D eigenvalue weighted by Gasteiger charge is 2.49. The number of aliphatic carboxylic acids is 1. The van der Waals surface area contributed by atoms with Crippen LogP contribution in [0, 0.1) is 5.92 Å². The molecule has 1 fully saturated rings. The number of esters is 4. The van der Waals surface area contributed by atoms with Crippen molar-refractivity contribution in [3.8, 4) is 0 Å². The number of carbonyl (C=O) groups is 5. The number of ether oxygens (including phenoxy) is 5. The van der Waals surface area contributed by atoms with Crippen molar-refractivity contribution in [3.05, 3.63) is 131 Å². The number of hydrogen-bond acceptors (Lipinski definition) is 10. The van der Waals surface area contributed by atoms with E-state index in [4.69, 9.17) is 28.8 Å². The summed E-state index contributed by atoms with van der Waals surface area (Å²) in [7, 11) is 0. The highest BCUT2D eigenvalue weighted by atomic mass is 16.7. The fourth-order valence-electron chi connectivity index (χ4n) is 6.08. The lowest BCUT2D eigenvalue weighted by Gasteiger charge is -2.39. The molecule has 0 aromatic carbocycles. The first-order chi connectivity index (χ1) is 30.4. The predicted molar refractivity (Wildman–Crippen MR) is 254 cm³/mol. The minimum atomic E-state index is -1.42. The summed E-state index contributed by atoms with van der Waals surface area (Å²) in [5.41, 5.74) is 4.54. The molecule has 0 unspecified atom stereocenters. The highest BCUT2D eigenvalue weighted by molar-refractivity contribution is 5.88. The van der Waals surface area contributed by atoms with Gasteiger partial charge in [0.1, 0.15) is 0 Å². The van der Waals surface area contributed by atoms with E-state index in [9.17, 15) is 24.0 Å². The summed E-state index contributed by atoms with van der Waals surface area (Å²) < 4.78 is 28.0. The molecule has 11 nitrogen and oxygen atoms in total. The third-order valence-electron chi connectivity index (χ3n) is 9.74. The number of rotatable bonds is 27. The molecule has 4 atom stereocenters. The van der Waals surface area contributed by atoms with E-state index >= 15 is 0 Å². The normalized spacial score (nSPS) is 19.7. The fourth-order valence-corrected chi connectivity index (χ4v) is 6.08. The molecule has 0 aromatic heterocycles. The zero-order valence-corrected chi connectivity index (χ0v) is 39.9. The first kappa shape index (κ1) is 56.5. The molecular weight excluding hydrogens is 813 g/mol. The quantitative estimate of drug-likeness (QED) is 0.0276. The predicted octanol–water partition coefficient (Wildman–Crippen LogP) is 11.8. The summed E-state index contributed by atoms with van der Waals surface area (Å²) in [5, 5.41) is 8.92. The first-order valence-corrected chi connectivity index (χ1v) is 22.4. The maximum atomic E-state index is 13.2. The standard InChI is InChI=1S/C53H74O11/c1-38(2)25-17-15-13-11-12-14-16-18-36-48(56)63-50-49(62-46(10)55)47(61-45(9)54)37-60-53(50)64-52(59)44(8)35-24-33-42(6)31-22-29-40(4)27-20-19-26-39(3)28-21-30-41(5)32-23-34-43(7)51(57)58/h19-24,26-35,38,47,49-50,53H,11-18,25,36-37H2,1-10H3,(H,57,58)/b20-19+,28-21+,29-22+,32-23+,33-24+,39-26+,40-27+,41-30+,42-31+,43-34+,44-35+/t47-,49+,50-,53+/m1/s1. The van der Waals surface area contributed by atoms with E-state index in [0.29, 0.717) is 6.42 Å². The van der Waals surface area contributed by atoms with Crippen molar-refractivity contribution >= 4 is 29.8 Å². The molecule has 0 spiro atoms. The van der Waals surface area contributed by atoms with Crippen molar-refractivity contribution < 1.29 is 52.8 Å². The second-order valence-electron chi connectivity index (χ2n) is 16.5. The Morgan fingerprint density at radius 3 is 1.44 bits per heavy atom. The zero-order valence-electron chi connectivity index (χ0n) is 39.9. The minimum Gasteiger partial charge on any atom is -0.478 e. The molecule has 1 rings (SSSR count). The Bertz CT molecular complexity index is 1860. The molecule has 0 saturated carbocycles. The Labute approximate surface area is 382 Å². The lowest BCUT2D eigenvalue weighted by Crippen LogP contribution is -2.58. The molecule has 0 amide bonds. The molecular formula is C53H74O11. The molecule has 0 radical (unpaired) electrons. The van der Waals surface area contributed by atoms with Crippen LogP contribution in [0.3, 0.4) is 0 Å². The molecule has 0 bridgehead atoms. The van der Waals surface area contributed by atoms with Crippen LogP contribution in [0.2, 0.25) is 0 Å². The Morgan fingerprint density at radius 2 is 0.969 bits per heavy atom. The van der Waals surface area contributed by atoms with Crippen molar-refractivity contribution in [3.63, 3.8) is 0 Å². The summed E-state index contributed by atoms with van der Waals surface area (Å²) >= 11 is 0. The van der Waals surface area contributed by atoms with Crippen LogP contribution in [0.15, 0.2) is 131 Å². The topological polar surface area (TPSA) is 152 Å². The molecule has 1 heterocycles. The van der Waals surface area contributed by atoms with Crippen LogP contribution in [0.4, 0.5) is 0 Å². The van der Waals surface area contributed by atoms with Gasteiger partial charge < -0.3 is 28.8 Å². The molecule has 11 heteroatoms. The molecule has 1 N–H and O–H groups in total. The zero-order chi connectivity index (χ0) is 47.9. The molecule has 64 heavy (non-hydrogen) atoms. The second-order valence-corrected chi connectivity index (χ2v) is 16.5. The van der Waals surface area contributed by atoms with Crippen molar-refractivity contribution in [1.29, 1.82) is 0 Å². The molecule has 352 valence electrons. The third-order valence-corrected chi connectivity index (χ3v) is 9.74. The van der Waals surface area contributed by atoms with Crippen LogP contribution < -0.4 is 0 Å². The van der Waals surface area contributed by atoms with E-state index in [-0.39, 0.29) is 24.2 Å². The SMILES string of the molecule is CC(=O)O[C@@H]1[C@@H](OC(=O)CCCCCCCCCCC(C)C)[C@H](OC(=O)/C(C)=C/C=C/C(C)=C/C=C/C(C)=C/C=C/C=C(C)/C=C/C=C(C)/C=C/C=C(\C)C(=O)O)OC[C@H]1OC(C)=O. The molecule has 1 saturated heterocycles. The summed E-state index contributed by atoms with van der Waals surface area (Å²) in [5.74, 6) is -2.84. The van der Waals surface area contributed by atoms with Gasteiger partial charge in [0.15, 0.2) is 12.2 Å². The van der Waals surface area contributed by atoms with Gasteiger partial charge in [-0.05, 0) is 53.9 Å². The summed E-state index contributed by atoms with van der Waals surface area (Å²) in [6, 6.07) is 0. The monoisotopic (exact) mass is 887 g/mol. The van der Waals surface area contributed by atoms with Gasteiger partial charge in [-0.3, -0.25) is 14.4 Å². The van der Waals surface area contributed by atoms with Gasteiger partial charge in [-0.1, -0.05) is 185 Å². The van der Waals surface area contributed by atoms with E-state index in [1.54, 1.807) is 38.2 Å². The smallest absolute Gasteiger partial charge is 0.336 e. The van der Waals surface area contributed by atoms with Crippen LogP contribution in [0.25, 0.3) is 0 Å². The Balaban J connectivity index is 2.84. The highest BCUT2D eigenvalue weighted by Crippen LogP contribution is 2.27. The molecule has 0 aliphatic carbocycles. The average molecular weight is 887 g/mol. The van der Waals surface area contributed by atoms with Gasteiger partial charge in [-0.2, -0.15) is 0 Å². The lowest BCUT2D eigenvalue weighted by molar-refractivity contribution is -0.273. The minimum absolute atomic E-state index is 0.114. The van der Waals surface area contributed by atoms with Gasteiger partial charge >= 0.3 is 29.8 Å². The van der Waals surface area contributed by atoms with E-state index in [0.717, 1.165) is 47.5 Å². The maximum absolute atomic E-state index is 13.2. The van der Waals surface area contributed by atoms with E-state index in [1.165, 1.54) is 46.0 Å². The van der Waals surface area contributed by atoms with Gasteiger partial charge in [0, 0.05) is 31.4 Å². The van der Waals surface area contributed by atoms with E-state index in [1.807, 2.05) is 101 Å². The second kappa shape index (κ2) is 33.0. The van der Waals surface area contributed by atoms with Gasteiger partial charge in [-0.15, -0.1) is 0 Å². The summed E-state index contributed by atoms with van der Waals surface area (Å²) in [6.07, 6.45) is 34.6. The van der Waals surface area contributed by atoms with Crippen LogP contribution in [-0.4, -0.2) is 66.2 Å². The van der Waals surface area contributed by atoms with Crippen LogP contribution >= 0.6 is 0 Å². The van der Waals surface area contributed by atoms with Gasteiger partial charge in [0.25, 0.3) is 0 Å². The maximum Gasteiger partial charge on any atom is 0.336 e. The largest absolute Gasteiger partial charge is 0.478 e. The Kier molecular flexibility index (Phi) is 29.1. The van der Waals surface area contributed by atoms with Crippen LogP contribution in [0.1, 0.15) is 133 Å². The first-order valence-electron chi connectivity index (χ1n) is 22.4. The van der Waals surface area contributed by atoms with E-state index in [2.05, 4.69) is 13.8 Å². The van der Waals surface area contributed by atoms with Crippen LogP contribution in [0.5, 0.6) is 0 Å². The number of carboxylic acids is 1. The van der Waals surface area contributed by atoms with Crippen molar-refractivity contribution in [2.45, 2.75) is 158 Å². The number of carbonyl (C=O) groups excluding carboxylic acids is 4. The average Bonchev–Trinajstić information content (AvgIpc) is 3.21. The Hall–Kier alpha value is -5.55. The van der Waals surface area contributed by atoms with Crippen LogP contribution in [-0.2, 0) is 47.7 Å². The van der Waals surface area contributed by atoms with Gasteiger partial charge in [0.05, 0.1) is 6.61 Å². The molecule has 0 aromatic rings. The number of hydrogen-bond donors (Lipinski definition) is 1. The third kappa shape index (κ3) is 27.5. The molecule has 1 aliphatic heterocycles. The Morgan fingerprint density at radius 1 is 0.531 bits per heavy atom. The molecule has 1 aliphatic rings. The summed E-state index contributed by atoms with van der Waals surface area (Å²) in [4.78, 5) is 61.2. The number of allylic oxidation sites excluding steroid dienone is 20. The fraction of sp³-hybridized carbons (Fsp3) is 0.491.